The lowest BCUT2D eigenvalue weighted by Crippen LogP contribution is -2.04. The van der Waals surface area contributed by atoms with E-state index in [4.69, 9.17) is 9.84 Å². The minimum Gasteiger partial charge on any atom is -0.476 e. The van der Waals surface area contributed by atoms with E-state index in [0.29, 0.717) is 0 Å². The van der Waals surface area contributed by atoms with Crippen molar-refractivity contribution in [3.63, 3.8) is 0 Å². The Labute approximate surface area is 103 Å². The Bertz CT molecular complexity index is 599. The second kappa shape index (κ2) is 4.79. The molecule has 2 aromatic rings. The molecule has 2 rings (SSSR count). The first-order valence-corrected chi connectivity index (χ1v) is 5.24. The van der Waals surface area contributed by atoms with Crippen LogP contribution in [0.3, 0.4) is 0 Å². The number of ether oxygens (including phenoxy) is 1. The highest BCUT2D eigenvalue weighted by molar-refractivity contribution is 5.88. The summed E-state index contributed by atoms with van der Waals surface area (Å²) in [6.45, 7) is 3.63. The van der Waals surface area contributed by atoms with E-state index >= 15 is 0 Å². The van der Waals surface area contributed by atoms with Gasteiger partial charge in [-0.1, -0.05) is 0 Å². The van der Waals surface area contributed by atoms with Crippen LogP contribution in [0.15, 0.2) is 24.5 Å². The van der Waals surface area contributed by atoms with E-state index in [9.17, 15) is 4.79 Å². The van der Waals surface area contributed by atoms with Gasteiger partial charge in [0.15, 0.2) is 11.4 Å². The van der Waals surface area contributed by atoms with Crippen LogP contribution in [-0.4, -0.2) is 26.0 Å². The highest BCUT2D eigenvalue weighted by atomic mass is 16.5. The van der Waals surface area contributed by atoms with Crippen LogP contribution in [0, 0.1) is 13.8 Å². The lowest BCUT2D eigenvalue weighted by Gasteiger charge is -2.07. The van der Waals surface area contributed by atoms with Gasteiger partial charge in [-0.05, 0) is 26.0 Å². The molecular formula is C12H11N3O3. The highest BCUT2D eigenvalue weighted by Crippen LogP contribution is 2.22. The molecule has 18 heavy (non-hydrogen) atoms. The molecule has 1 N–H and O–H groups in total. The summed E-state index contributed by atoms with van der Waals surface area (Å²) in [6, 6.07) is 3.11. The van der Waals surface area contributed by atoms with Crippen molar-refractivity contribution in [3.05, 3.63) is 41.6 Å². The molecule has 0 radical (unpaired) electrons. The predicted octanol–water partition coefficient (Wildman–Crippen LogP) is 1.98. The minimum absolute atomic E-state index is 0.141. The SMILES string of the molecule is Cc1ncc(Oc2cccnc2C(=O)O)nc1C. The first-order valence-electron chi connectivity index (χ1n) is 5.24. The Balaban J connectivity index is 2.34. The van der Waals surface area contributed by atoms with E-state index in [0.717, 1.165) is 11.4 Å². The van der Waals surface area contributed by atoms with Gasteiger partial charge in [0.2, 0.25) is 5.88 Å². The van der Waals surface area contributed by atoms with Crippen molar-refractivity contribution < 1.29 is 14.6 Å². The third-order valence-corrected chi connectivity index (χ3v) is 2.36. The lowest BCUT2D eigenvalue weighted by molar-refractivity contribution is 0.0687. The van der Waals surface area contributed by atoms with Gasteiger partial charge in [-0.2, -0.15) is 0 Å². The number of carbonyl (C=O) groups is 1. The van der Waals surface area contributed by atoms with Crippen molar-refractivity contribution in [2.45, 2.75) is 13.8 Å². The van der Waals surface area contributed by atoms with Crippen molar-refractivity contribution in [1.82, 2.24) is 15.0 Å². The Morgan fingerprint density at radius 3 is 2.72 bits per heavy atom. The molecule has 0 spiro atoms. The second-order valence-corrected chi connectivity index (χ2v) is 3.64. The molecule has 0 aliphatic heterocycles. The molecule has 0 bridgehead atoms. The normalized spacial score (nSPS) is 10.1. The number of carboxylic acid groups (broad SMARTS) is 1. The number of pyridine rings is 1. The van der Waals surface area contributed by atoms with Gasteiger partial charge in [-0.3, -0.25) is 4.98 Å². The smallest absolute Gasteiger partial charge is 0.358 e. The molecule has 92 valence electrons. The third-order valence-electron chi connectivity index (χ3n) is 2.36. The predicted molar refractivity (Wildman–Crippen MR) is 62.8 cm³/mol. The molecule has 0 atom stereocenters. The monoisotopic (exact) mass is 245 g/mol. The van der Waals surface area contributed by atoms with Crippen LogP contribution in [0.4, 0.5) is 0 Å². The molecule has 0 fully saturated rings. The Kier molecular flexibility index (Phi) is 3.18. The molecule has 0 aliphatic rings. The summed E-state index contributed by atoms with van der Waals surface area (Å²) < 4.78 is 5.39. The van der Waals surface area contributed by atoms with Gasteiger partial charge >= 0.3 is 5.97 Å². The summed E-state index contributed by atoms with van der Waals surface area (Å²) >= 11 is 0. The molecule has 0 aromatic carbocycles. The highest BCUT2D eigenvalue weighted by Gasteiger charge is 2.13. The first-order chi connectivity index (χ1) is 8.58. The fraction of sp³-hybridized carbons (Fsp3) is 0.167. The van der Waals surface area contributed by atoms with E-state index < -0.39 is 5.97 Å². The molecule has 0 amide bonds. The first kappa shape index (κ1) is 12.0. The van der Waals surface area contributed by atoms with Gasteiger partial charge in [-0.15, -0.1) is 0 Å². The van der Waals surface area contributed by atoms with E-state index in [1.807, 2.05) is 6.92 Å². The van der Waals surface area contributed by atoms with E-state index in [-0.39, 0.29) is 17.3 Å². The minimum atomic E-state index is -1.15. The number of hydrogen-bond donors (Lipinski definition) is 1. The summed E-state index contributed by atoms with van der Waals surface area (Å²) in [5.74, 6) is -0.765. The molecule has 0 unspecified atom stereocenters. The summed E-state index contributed by atoms with van der Waals surface area (Å²) in [7, 11) is 0. The third kappa shape index (κ3) is 2.42. The molecule has 0 saturated carbocycles. The van der Waals surface area contributed by atoms with E-state index in [1.165, 1.54) is 18.5 Å². The summed E-state index contributed by atoms with van der Waals surface area (Å²) in [5.41, 5.74) is 1.37. The van der Waals surface area contributed by atoms with Gasteiger partial charge in [0, 0.05) is 6.20 Å². The standard InChI is InChI=1S/C12H11N3O3/c1-7-8(2)15-10(6-14-7)18-9-4-3-5-13-11(9)12(16)17/h3-6H,1-2H3,(H,16,17). The number of aromatic nitrogens is 3. The zero-order valence-electron chi connectivity index (χ0n) is 9.91. The van der Waals surface area contributed by atoms with Crippen molar-refractivity contribution in [2.24, 2.45) is 0 Å². The summed E-state index contributed by atoms with van der Waals surface area (Å²) in [5, 5.41) is 8.96. The maximum absolute atomic E-state index is 11.0. The number of aromatic carboxylic acids is 1. The van der Waals surface area contributed by atoms with Crippen molar-refractivity contribution in [3.8, 4) is 11.6 Å². The molecule has 2 aromatic heterocycles. The Morgan fingerprint density at radius 2 is 2.06 bits per heavy atom. The van der Waals surface area contributed by atoms with Crippen LogP contribution < -0.4 is 4.74 Å². The fourth-order valence-corrected chi connectivity index (χ4v) is 1.32. The number of nitrogens with zero attached hydrogens (tertiary/aromatic N) is 3. The summed E-state index contributed by atoms with van der Waals surface area (Å²) in [6.07, 6.45) is 2.84. The van der Waals surface area contributed by atoms with Gasteiger partial charge in [0.1, 0.15) is 0 Å². The average Bonchev–Trinajstić information content (AvgIpc) is 2.34. The molecule has 2 heterocycles. The molecular weight excluding hydrogens is 234 g/mol. The molecule has 6 nitrogen and oxygen atoms in total. The van der Waals surface area contributed by atoms with Gasteiger partial charge in [0.25, 0.3) is 0 Å². The van der Waals surface area contributed by atoms with Crippen molar-refractivity contribution in [1.29, 1.82) is 0 Å². The zero-order chi connectivity index (χ0) is 13.1. The Morgan fingerprint density at radius 1 is 1.28 bits per heavy atom. The van der Waals surface area contributed by atoms with Crippen LogP contribution in [0.25, 0.3) is 0 Å². The average molecular weight is 245 g/mol. The molecule has 0 saturated heterocycles. The fourth-order valence-electron chi connectivity index (χ4n) is 1.32. The largest absolute Gasteiger partial charge is 0.476 e. The maximum atomic E-state index is 11.0. The zero-order valence-corrected chi connectivity index (χ0v) is 9.91. The molecule has 0 aliphatic carbocycles. The van der Waals surface area contributed by atoms with Crippen LogP contribution in [0.1, 0.15) is 21.9 Å². The van der Waals surface area contributed by atoms with Gasteiger partial charge in [-0.25, -0.2) is 14.8 Å². The van der Waals surface area contributed by atoms with Gasteiger partial charge in [0.05, 0.1) is 17.6 Å². The van der Waals surface area contributed by atoms with Crippen molar-refractivity contribution >= 4 is 5.97 Å². The van der Waals surface area contributed by atoms with Crippen molar-refractivity contribution in [2.75, 3.05) is 0 Å². The number of hydrogen-bond acceptors (Lipinski definition) is 5. The van der Waals surface area contributed by atoms with E-state index in [1.54, 1.807) is 13.0 Å². The number of aryl methyl sites for hydroxylation is 2. The van der Waals surface area contributed by atoms with Crippen LogP contribution in [-0.2, 0) is 0 Å². The summed E-state index contributed by atoms with van der Waals surface area (Å²) in [4.78, 5) is 23.0. The lowest BCUT2D eigenvalue weighted by atomic mass is 10.3. The second-order valence-electron chi connectivity index (χ2n) is 3.64. The van der Waals surface area contributed by atoms with Crippen LogP contribution >= 0.6 is 0 Å². The van der Waals surface area contributed by atoms with Crippen LogP contribution in [0.2, 0.25) is 0 Å². The molecule has 6 heteroatoms. The number of carboxylic acids is 1. The maximum Gasteiger partial charge on any atom is 0.358 e. The Hall–Kier alpha value is -2.50. The topological polar surface area (TPSA) is 85.2 Å². The number of rotatable bonds is 3. The van der Waals surface area contributed by atoms with Crippen LogP contribution in [0.5, 0.6) is 11.6 Å². The van der Waals surface area contributed by atoms with E-state index in [2.05, 4.69) is 15.0 Å². The van der Waals surface area contributed by atoms with Gasteiger partial charge < -0.3 is 9.84 Å². The quantitative estimate of drug-likeness (QED) is 0.889.